The zero-order chi connectivity index (χ0) is 12.3. The van der Waals surface area contributed by atoms with Crippen molar-refractivity contribution in [3.05, 3.63) is 59.7 Å². The third-order valence-corrected chi connectivity index (χ3v) is 3.10. The SMILES string of the molecule is CCc1ccc(B(O)c2ccc(C)cc2)cc1. The van der Waals surface area contributed by atoms with Gasteiger partial charge >= 0.3 is 6.92 Å². The molecule has 0 fully saturated rings. The molecule has 17 heavy (non-hydrogen) atoms. The zero-order valence-corrected chi connectivity index (χ0v) is 10.4. The van der Waals surface area contributed by atoms with E-state index in [-0.39, 0.29) is 0 Å². The van der Waals surface area contributed by atoms with E-state index in [1.807, 2.05) is 43.3 Å². The Morgan fingerprint density at radius 1 is 0.882 bits per heavy atom. The van der Waals surface area contributed by atoms with E-state index in [9.17, 15) is 5.02 Å². The van der Waals surface area contributed by atoms with Crippen molar-refractivity contribution < 1.29 is 5.02 Å². The second-order valence-corrected chi connectivity index (χ2v) is 4.41. The Kier molecular flexibility index (Phi) is 3.65. The van der Waals surface area contributed by atoms with Gasteiger partial charge in [-0.25, -0.2) is 0 Å². The Morgan fingerprint density at radius 2 is 1.35 bits per heavy atom. The summed E-state index contributed by atoms with van der Waals surface area (Å²) in [6.45, 7) is 3.65. The Hall–Kier alpha value is -1.54. The molecule has 0 atom stereocenters. The first-order valence-corrected chi connectivity index (χ1v) is 6.04. The lowest BCUT2D eigenvalue weighted by Crippen LogP contribution is -2.42. The van der Waals surface area contributed by atoms with Crippen LogP contribution in [0.2, 0.25) is 0 Å². The summed E-state index contributed by atoms with van der Waals surface area (Å²) in [4.78, 5) is 0. The molecule has 2 heteroatoms. The number of benzene rings is 2. The monoisotopic (exact) mass is 224 g/mol. The van der Waals surface area contributed by atoms with Crippen LogP contribution in [0.15, 0.2) is 48.5 Å². The van der Waals surface area contributed by atoms with Gasteiger partial charge in [-0.1, -0.05) is 61.0 Å². The van der Waals surface area contributed by atoms with Crippen molar-refractivity contribution in [3.63, 3.8) is 0 Å². The molecule has 0 radical (unpaired) electrons. The molecule has 0 saturated heterocycles. The molecule has 2 aromatic rings. The molecule has 0 aliphatic heterocycles. The van der Waals surface area contributed by atoms with Crippen LogP contribution in [0.5, 0.6) is 0 Å². The summed E-state index contributed by atoms with van der Waals surface area (Å²) in [6, 6.07) is 16.2. The number of hydrogen-bond donors (Lipinski definition) is 1. The fourth-order valence-electron chi connectivity index (χ4n) is 1.88. The summed E-state index contributed by atoms with van der Waals surface area (Å²) in [5.74, 6) is 0. The lowest BCUT2D eigenvalue weighted by Gasteiger charge is -2.08. The van der Waals surface area contributed by atoms with Crippen LogP contribution in [-0.4, -0.2) is 11.9 Å². The molecule has 0 heterocycles. The molecular weight excluding hydrogens is 207 g/mol. The van der Waals surface area contributed by atoms with Crippen molar-refractivity contribution in [1.29, 1.82) is 0 Å². The second-order valence-electron chi connectivity index (χ2n) is 4.41. The number of rotatable bonds is 3. The van der Waals surface area contributed by atoms with E-state index in [4.69, 9.17) is 0 Å². The quantitative estimate of drug-likeness (QED) is 0.786. The molecule has 0 aliphatic rings. The molecule has 0 saturated carbocycles. The summed E-state index contributed by atoms with van der Waals surface area (Å²) >= 11 is 0. The highest BCUT2D eigenvalue weighted by Gasteiger charge is 2.16. The van der Waals surface area contributed by atoms with E-state index < -0.39 is 6.92 Å². The molecule has 86 valence electrons. The molecular formula is C15H17BO. The lowest BCUT2D eigenvalue weighted by atomic mass is 9.56. The van der Waals surface area contributed by atoms with Gasteiger partial charge in [-0.2, -0.15) is 0 Å². The molecule has 1 N–H and O–H groups in total. The lowest BCUT2D eigenvalue weighted by molar-refractivity contribution is 0.600. The van der Waals surface area contributed by atoms with Gasteiger partial charge in [-0.3, -0.25) is 0 Å². The predicted molar refractivity (Wildman–Crippen MR) is 74.2 cm³/mol. The maximum atomic E-state index is 10.2. The van der Waals surface area contributed by atoms with E-state index in [2.05, 4.69) is 19.1 Å². The van der Waals surface area contributed by atoms with Crippen LogP contribution in [-0.2, 0) is 6.42 Å². The molecule has 2 rings (SSSR count). The normalized spacial score (nSPS) is 10.3. The van der Waals surface area contributed by atoms with E-state index in [0.717, 1.165) is 17.3 Å². The van der Waals surface area contributed by atoms with E-state index in [1.54, 1.807) is 0 Å². The molecule has 0 aromatic heterocycles. The van der Waals surface area contributed by atoms with Gasteiger partial charge < -0.3 is 5.02 Å². The number of hydrogen-bond acceptors (Lipinski definition) is 1. The van der Waals surface area contributed by atoms with Gasteiger partial charge in [0.05, 0.1) is 0 Å². The van der Waals surface area contributed by atoms with Gasteiger partial charge in [0.15, 0.2) is 0 Å². The predicted octanol–water partition coefficient (Wildman–Crippen LogP) is 1.66. The summed E-state index contributed by atoms with van der Waals surface area (Å²) < 4.78 is 0. The van der Waals surface area contributed by atoms with E-state index in [0.29, 0.717) is 0 Å². The molecule has 0 unspecified atom stereocenters. The molecule has 0 aliphatic carbocycles. The average molecular weight is 224 g/mol. The van der Waals surface area contributed by atoms with Crippen molar-refractivity contribution in [1.82, 2.24) is 0 Å². The standard InChI is InChI=1S/C15H17BO/c1-3-13-6-10-15(11-7-13)16(17)14-8-4-12(2)5-9-14/h4-11,17H,3H2,1-2H3. The van der Waals surface area contributed by atoms with Gasteiger partial charge in [-0.05, 0) is 29.8 Å². The summed E-state index contributed by atoms with van der Waals surface area (Å²) in [6.07, 6.45) is 1.03. The van der Waals surface area contributed by atoms with Crippen LogP contribution in [0.3, 0.4) is 0 Å². The van der Waals surface area contributed by atoms with Crippen LogP contribution >= 0.6 is 0 Å². The Balaban J connectivity index is 2.23. The highest BCUT2D eigenvalue weighted by Crippen LogP contribution is 1.99. The Morgan fingerprint density at radius 3 is 1.82 bits per heavy atom. The summed E-state index contributed by atoms with van der Waals surface area (Å²) in [7, 11) is 0. The second kappa shape index (κ2) is 5.20. The van der Waals surface area contributed by atoms with Crippen LogP contribution < -0.4 is 10.9 Å². The minimum atomic E-state index is -0.526. The van der Waals surface area contributed by atoms with Crippen LogP contribution in [0.4, 0.5) is 0 Å². The van der Waals surface area contributed by atoms with Crippen molar-refractivity contribution in [2.24, 2.45) is 0 Å². The van der Waals surface area contributed by atoms with Gasteiger partial charge in [0, 0.05) is 0 Å². The van der Waals surface area contributed by atoms with E-state index in [1.165, 1.54) is 11.1 Å². The minimum Gasteiger partial charge on any atom is -0.443 e. The first kappa shape index (κ1) is 11.9. The van der Waals surface area contributed by atoms with Crippen molar-refractivity contribution in [3.8, 4) is 0 Å². The molecule has 1 nitrogen and oxygen atoms in total. The maximum Gasteiger partial charge on any atom is 0.358 e. The molecule has 0 spiro atoms. The van der Waals surface area contributed by atoms with Crippen molar-refractivity contribution >= 4 is 17.8 Å². The summed E-state index contributed by atoms with van der Waals surface area (Å²) in [5, 5.41) is 10.2. The Labute approximate surface area is 103 Å². The van der Waals surface area contributed by atoms with Crippen LogP contribution in [0, 0.1) is 6.92 Å². The smallest absolute Gasteiger partial charge is 0.358 e. The first-order valence-electron chi connectivity index (χ1n) is 6.04. The van der Waals surface area contributed by atoms with Gasteiger partial charge in [0.25, 0.3) is 0 Å². The van der Waals surface area contributed by atoms with E-state index >= 15 is 0 Å². The summed E-state index contributed by atoms with van der Waals surface area (Å²) in [5.41, 5.74) is 4.40. The average Bonchev–Trinajstić information content (AvgIpc) is 2.39. The fourth-order valence-corrected chi connectivity index (χ4v) is 1.88. The third-order valence-electron chi connectivity index (χ3n) is 3.10. The zero-order valence-electron chi connectivity index (χ0n) is 10.4. The molecule has 2 aromatic carbocycles. The topological polar surface area (TPSA) is 20.2 Å². The van der Waals surface area contributed by atoms with Crippen LogP contribution in [0.25, 0.3) is 0 Å². The third kappa shape index (κ3) is 2.77. The maximum absolute atomic E-state index is 10.2. The fraction of sp³-hybridized carbons (Fsp3) is 0.200. The highest BCUT2D eigenvalue weighted by atomic mass is 16.2. The van der Waals surface area contributed by atoms with Gasteiger partial charge in [-0.15, -0.1) is 0 Å². The van der Waals surface area contributed by atoms with Gasteiger partial charge in [0.1, 0.15) is 0 Å². The van der Waals surface area contributed by atoms with Crippen LogP contribution in [0.1, 0.15) is 18.1 Å². The molecule has 0 bridgehead atoms. The highest BCUT2D eigenvalue weighted by molar-refractivity contribution is 6.78. The first-order chi connectivity index (χ1) is 8.20. The number of aryl methyl sites for hydroxylation is 2. The largest absolute Gasteiger partial charge is 0.443 e. The Bertz CT molecular complexity index is 473. The van der Waals surface area contributed by atoms with Crippen molar-refractivity contribution in [2.75, 3.05) is 0 Å². The molecule has 0 amide bonds. The van der Waals surface area contributed by atoms with Crippen molar-refractivity contribution in [2.45, 2.75) is 20.3 Å². The van der Waals surface area contributed by atoms with Gasteiger partial charge in [0.2, 0.25) is 0 Å². The minimum absolute atomic E-state index is 0.526.